The van der Waals surface area contributed by atoms with Crippen LogP contribution < -0.4 is 0 Å². The lowest BCUT2D eigenvalue weighted by molar-refractivity contribution is 0.0204. The molecule has 2 aliphatic heterocycles. The van der Waals surface area contributed by atoms with E-state index in [4.69, 9.17) is 10.00 Å². The molecule has 0 atom stereocenters. The number of carbonyl (C=O) groups is 2. The molecule has 1 aromatic heterocycles. The van der Waals surface area contributed by atoms with Gasteiger partial charge in [-0.05, 0) is 81.0 Å². The zero-order valence-corrected chi connectivity index (χ0v) is 24.0. The van der Waals surface area contributed by atoms with Gasteiger partial charge in [0.15, 0.2) is 0 Å². The number of nitriles is 1. The normalized spacial score (nSPS) is 17.2. The van der Waals surface area contributed by atoms with E-state index in [0.29, 0.717) is 43.4 Å². The average molecular weight is 542 g/mol. The Morgan fingerprint density at radius 3 is 2.23 bits per heavy atom. The lowest BCUT2D eigenvalue weighted by atomic mass is 9.89. The van der Waals surface area contributed by atoms with Gasteiger partial charge in [0.1, 0.15) is 11.3 Å². The van der Waals surface area contributed by atoms with Gasteiger partial charge in [-0.2, -0.15) is 5.26 Å². The van der Waals surface area contributed by atoms with Crippen molar-refractivity contribution in [3.63, 3.8) is 0 Å². The SMILES string of the molecule is Cn1c(C(=O)N2CCN(Cc3ccc(C#N)cc3)CC2)cc2cc(C3CCN(C(=O)OC(C)(C)C)CC3)ccc21. The summed E-state index contributed by atoms with van der Waals surface area (Å²) in [6.07, 6.45) is 1.56. The molecular weight excluding hydrogens is 502 g/mol. The second kappa shape index (κ2) is 11.3. The quantitative estimate of drug-likeness (QED) is 0.458. The molecule has 0 bridgehead atoms. The number of aromatic nitrogens is 1. The molecule has 2 aromatic carbocycles. The Morgan fingerprint density at radius 1 is 0.925 bits per heavy atom. The van der Waals surface area contributed by atoms with Gasteiger partial charge in [-0.15, -0.1) is 0 Å². The molecule has 5 rings (SSSR count). The third-order valence-electron chi connectivity index (χ3n) is 8.05. The van der Waals surface area contributed by atoms with E-state index >= 15 is 0 Å². The predicted molar refractivity (Wildman–Crippen MR) is 155 cm³/mol. The van der Waals surface area contributed by atoms with Crippen molar-refractivity contribution in [2.75, 3.05) is 39.3 Å². The first-order valence-electron chi connectivity index (χ1n) is 14.2. The Labute approximate surface area is 236 Å². The highest BCUT2D eigenvalue weighted by Crippen LogP contribution is 2.32. The number of aryl methyl sites for hydroxylation is 1. The number of nitrogens with zero attached hydrogens (tertiary/aromatic N) is 5. The molecule has 0 aliphatic carbocycles. The number of benzene rings is 2. The van der Waals surface area contributed by atoms with Crippen LogP contribution in [0.3, 0.4) is 0 Å². The van der Waals surface area contributed by atoms with Crippen molar-refractivity contribution in [1.29, 1.82) is 5.26 Å². The number of carbonyl (C=O) groups excluding carboxylic acids is 2. The largest absolute Gasteiger partial charge is 0.444 e. The summed E-state index contributed by atoms with van der Waals surface area (Å²) in [7, 11) is 1.97. The lowest BCUT2D eigenvalue weighted by Gasteiger charge is -2.34. The van der Waals surface area contributed by atoms with E-state index < -0.39 is 5.60 Å². The van der Waals surface area contributed by atoms with Crippen LogP contribution in [-0.4, -0.2) is 76.1 Å². The summed E-state index contributed by atoms with van der Waals surface area (Å²) < 4.78 is 7.55. The Kier molecular flexibility index (Phi) is 7.86. The predicted octanol–water partition coefficient (Wildman–Crippen LogP) is 5.12. The molecule has 2 amide bonds. The maximum atomic E-state index is 13.5. The number of hydrogen-bond donors (Lipinski definition) is 0. The smallest absolute Gasteiger partial charge is 0.410 e. The van der Waals surface area contributed by atoms with E-state index in [0.717, 1.165) is 43.4 Å². The number of rotatable bonds is 4. The van der Waals surface area contributed by atoms with Crippen molar-refractivity contribution in [3.8, 4) is 6.07 Å². The molecule has 8 nitrogen and oxygen atoms in total. The van der Waals surface area contributed by atoms with Gasteiger partial charge in [0.25, 0.3) is 5.91 Å². The van der Waals surface area contributed by atoms with Gasteiger partial charge in [-0.3, -0.25) is 9.69 Å². The van der Waals surface area contributed by atoms with E-state index in [2.05, 4.69) is 29.2 Å². The van der Waals surface area contributed by atoms with Crippen LogP contribution >= 0.6 is 0 Å². The molecule has 2 fully saturated rings. The third kappa shape index (κ3) is 6.15. The maximum absolute atomic E-state index is 13.5. The zero-order chi connectivity index (χ0) is 28.4. The van der Waals surface area contributed by atoms with Crippen LogP contribution in [0.1, 0.15) is 66.7 Å². The van der Waals surface area contributed by atoms with Crippen LogP contribution in [0.5, 0.6) is 0 Å². The van der Waals surface area contributed by atoms with Crippen molar-refractivity contribution in [3.05, 3.63) is 70.9 Å². The van der Waals surface area contributed by atoms with Gasteiger partial charge in [-0.25, -0.2) is 4.79 Å². The van der Waals surface area contributed by atoms with Gasteiger partial charge in [0.2, 0.25) is 0 Å². The molecular formula is C32H39N5O3. The molecule has 0 radical (unpaired) electrons. The van der Waals surface area contributed by atoms with E-state index in [1.54, 1.807) is 0 Å². The van der Waals surface area contributed by atoms with Gasteiger partial charge < -0.3 is 19.1 Å². The Morgan fingerprint density at radius 2 is 1.60 bits per heavy atom. The standard InChI is InChI=1S/C32H39N5O3/c1-32(2,3)40-31(39)37-13-11-25(12-14-37)26-9-10-28-27(19-26)20-29(34(28)4)30(38)36-17-15-35(16-18-36)22-24-7-5-23(21-33)6-8-24/h5-10,19-20,25H,11-18,22H2,1-4H3. The molecule has 0 unspecified atom stereocenters. The summed E-state index contributed by atoms with van der Waals surface area (Å²) in [5, 5.41) is 10.1. The molecule has 3 aromatic rings. The van der Waals surface area contributed by atoms with Gasteiger partial charge in [0, 0.05) is 63.8 Å². The maximum Gasteiger partial charge on any atom is 0.410 e. The minimum atomic E-state index is -0.485. The van der Waals surface area contributed by atoms with Crippen LogP contribution in [0.4, 0.5) is 4.79 Å². The summed E-state index contributed by atoms with van der Waals surface area (Å²) in [5.41, 5.74) is 4.40. The topological polar surface area (TPSA) is 81.8 Å². The molecule has 0 spiro atoms. The van der Waals surface area contributed by atoms with E-state index in [1.165, 1.54) is 11.1 Å². The minimum Gasteiger partial charge on any atom is -0.444 e. The second-order valence-electron chi connectivity index (χ2n) is 12.0. The van der Waals surface area contributed by atoms with Gasteiger partial charge in [-0.1, -0.05) is 18.2 Å². The number of piperidine rings is 1. The monoisotopic (exact) mass is 541 g/mol. The summed E-state index contributed by atoms with van der Waals surface area (Å²) in [6, 6.07) is 18.4. The van der Waals surface area contributed by atoms with Crippen molar-refractivity contribution in [2.45, 2.75) is 51.7 Å². The van der Waals surface area contributed by atoms with Crippen LogP contribution in [-0.2, 0) is 18.3 Å². The van der Waals surface area contributed by atoms with Crippen LogP contribution in [0.15, 0.2) is 48.5 Å². The van der Waals surface area contributed by atoms with E-state index in [9.17, 15) is 9.59 Å². The van der Waals surface area contributed by atoms with E-state index in [1.807, 2.05) is 72.5 Å². The fourth-order valence-electron chi connectivity index (χ4n) is 5.76. The summed E-state index contributed by atoms with van der Waals surface area (Å²) in [6.45, 7) is 10.9. The first kappa shape index (κ1) is 27.7. The fraction of sp³-hybridized carbons (Fsp3) is 0.469. The molecule has 3 heterocycles. The van der Waals surface area contributed by atoms with E-state index in [-0.39, 0.29) is 12.0 Å². The Balaban J connectivity index is 1.19. The molecule has 8 heteroatoms. The molecule has 0 saturated carbocycles. The number of hydrogen-bond acceptors (Lipinski definition) is 5. The lowest BCUT2D eigenvalue weighted by Crippen LogP contribution is -2.48. The van der Waals surface area contributed by atoms with Gasteiger partial charge >= 0.3 is 6.09 Å². The molecule has 2 aliphatic rings. The fourth-order valence-corrected chi connectivity index (χ4v) is 5.76. The third-order valence-corrected chi connectivity index (χ3v) is 8.05. The zero-order valence-electron chi connectivity index (χ0n) is 24.0. The first-order chi connectivity index (χ1) is 19.1. The number of fused-ring (bicyclic) bond motifs is 1. The molecule has 210 valence electrons. The van der Waals surface area contributed by atoms with Gasteiger partial charge in [0.05, 0.1) is 11.6 Å². The van der Waals surface area contributed by atoms with Crippen molar-refractivity contribution >= 4 is 22.9 Å². The molecule has 40 heavy (non-hydrogen) atoms. The molecule has 0 N–H and O–H groups in total. The summed E-state index contributed by atoms with van der Waals surface area (Å²) in [5.74, 6) is 0.454. The van der Waals surface area contributed by atoms with Crippen LogP contribution in [0, 0.1) is 11.3 Å². The number of likely N-dealkylation sites (tertiary alicyclic amines) is 1. The second-order valence-corrected chi connectivity index (χ2v) is 12.0. The highest BCUT2D eigenvalue weighted by molar-refractivity contribution is 5.99. The summed E-state index contributed by atoms with van der Waals surface area (Å²) in [4.78, 5) is 32.1. The summed E-state index contributed by atoms with van der Waals surface area (Å²) >= 11 is 0. The average Bonchev–Trinajstić information content (AvgIpc) is 3.28. The number of piperazine rings is 1. The number of ether oxygens (including phenoxy) is 1. The Bertz CT molecular complexity index is 1410. The molecule has 2 saturated heterocycles. The van der Waals surface area contributed by atoms with Crippen molar-refractivity contribution in [1.82, 2.24) is 19.3 Å². The van der Waals surface area contributed by atoms with Crippen molar-refractivity contribution in [2.24, 2.45) is 7.05 Å². The first-order valence-corrected chi connectivity index (χ1v) is 14.2. The highest BCUT2D eigenvalue weighted by Gasteiger charge is 2.28. The van der Waals surface area contributed by atoms with Crippen molar-refractivity contribution < 1.29 is 14.3 Å². The Hall–Kier alpha value is -3.83. The van der Waals surface area contributed by atoms with Crippen LogP contribution in [0.25, 0.3) is 10.9 Å². The minimum absolute atomic E-state index is 0.0731. The number of amides is 2. The van der Waals surface area contributed by atoms with Crippen LogP contribution in [0.2, 0.25) is 0 Å². The highest BCUT2D eigenvalue weighted by atomic mass is 16.6.